The van der Waals surface area contributed by atoms with E-state index in [1.54, 1.807) is 0 Å². The van der Waals surface area contributed by atoms with Crippen LogP contribution >= 0.6 is 12.6 Å². The lowest BCUT2D eigenvalue weighted by Crippen LogP contribution is -2.46. The summed E-state index contributed by atoms with van der Waals surface area (Å²) in [6, 6.07) is 0. The molecule has 0 N–H and O–H groups in total. The number of thiol groups is 1. The largest absolute Gasteiger partial charge is 0.469 e. The Morgan fingerprint density at radius 1 is 1.31 bits per heavy atom. The Bertz CT molecular complexity index is 445. The van der Waals surface area contributed by atoms with Gasteiger partial charge in [-0.05, 0) is 0 Å². The lowest BCUT2D eigenvalue weighted by Gasteiger charge is -2.23. The molecule has 3 aliphatic rings. The third-order valence-electron chi connectivity index (χ3n) is 3.39. The molecular formula is C8H10O6S2. The van der Waals surface area contributed by atoms with Crippen LogP contribution < -0.4 is 0 Å². The molecule has 3 rings (SSSR count). The predicted molar refractivity (Wildman–Crippen MR) is 54.5 cm³/mol. The zero-order chi connectivity index (χ0) is 11.7. The highest BCUT2D eigenvalue weighted by Crippen LogP contribution is 2.51. The van der Waals surface area contributed by atoms with E-state index in [2.05, 4.69) is 17.4 Å². The first kappa shape index (κ1) is 10.8. The number of esters is 1. The number of carbonyl (C=O) groups excluding carboxylic acids is 1. The van der Waals surface area contributed by atoms with E-state index in [1.165, 1.54) is 7.11 Å². The minimum absolute atomic E-state index is 0.400. The van der Waals surface area contributed by atoms with Gasteiger partial charge in [0.2, 0.25) is 0 Å². The molecule has 3 aliphatic heterocycles. The summed E-state index contributed by atoms with van der Waals surface area (Å²) in [5.41, 5.74) is 0. The van der Waals surface area contributed by atoms with Gasteiger partial charge in [-0.2, -0.15) is 21.0 Å². The van der Waals surface area contributed by atoms with Gasteiger partial charge in [0.05, 0.1) is 18.5 Å². The number of methoxy groups -OCH3 is 1. The van der Waals surface area contributed by atoms with Crippen molar-refractivity contribution in [1.29, 1.82) is 0 Å². The molecule has 0 spiro atoms. The molecule has 0 aromatic carbocycles. The van der Waals surface area contributed by atoms with E-state index in [0.717, 1.165) is 0 Å². The maximum absolute atomic E-state index is 11.7. The zero-order valence-electron chi connectivity index (χ0n) is 8.27. The summed E-state index contributed by atoms with van der Waals surface area (Å²) in [5.74, 6) is -1.40. The number of ether oxygens (including phenoxy) is 2. The van der Waals surface area contributed by atoms with Gasteiger partial charge >= 0.3 is 5.97 Å². The minimum Gasteiger partial charge on any atom is -0.469 e. The summed E-state index contributed by atoms with van der Waals surface area (Å²) >= 11 is 4.25. The summed E-state index contributed by atoms with van der Waals surface area (Å²) in [7, 11) is -2.52. The first-order chi connectivity index (χ1) is 7.47. The topological polar surface area (TPSA) is 78.9 Å². The summed E-state index contributed by atoms with van der Waals surface area (Å²) in [4.78, 5) is 11.6. The molecule has 6 nitrogen and oxygen atoms in total. The van der Waals surface area contributed by atoms with Crippen molar-refractivity contribution in [1.82, 2.24) is 0 Å². The summed E-state index contributed by atoms with van der Waals surface area (Å²) in [6.07, 6.45) is -1.68. The van der Waals surface area contributed by atoms with Crippen molar-refractivity contribution in [3.8, 4) is 0 Å². The van der Waals surface area contributed by atoms with Crippen molar-refractivity contribution in [3.63, 3.8) is 0 Å². The molecule has 90 valence electrons. The Kier molecular flexibility index (Phi) is 2.11. The molecule has 6 atom stereocenters. The van der Waals surface area contributed by atoms with Crippen molar-refractivity contribution in [3.05, 3.63) is 0 Å². The molecule has 0 saturated carbocycles. The fraction of sp³-hybridized carbons (Fsp3) is 0.875. The maximum atomic E-state index is 11.7. The molecule has 0 aromatic rings. The van der Waals surface area contributed by atoms with Crippen LogP contribution in [-0.2, 0) is 28.6 Å². The fourth-order valence-electron chi connectivity index (χ4n) is 2.75. The molecule has 0 aromatic heterocycles. The van der Waals surface area contributed by atoms with Gasteiger partial charge < -0.3 is 9.47 Å². The minimum atomic E-state index is -3.74. The second-order valence-corrected chi connectivity index (χ2v) is 6.44. The SMILES string of the molecule is COC(=O)C1C2OC3C(OS(=O)(=O)C31)C2S. The van der Waals surface area contributed by atoms with Crippen LogP contribution in [0, 0.1) is 5.92 Å². The zero-order valence-corrected chi connectivity index (χ0v) is 9.98. The quantitative estimate of drug-likeness (QED) is 0.371. The average molecular weight is 266 g/mol. The van der Waals surface area contributed by atoms with Crippen LogP contribution in [0.4, 0.5) is 0 Å². The van der Waals surface area contributed by atoms with Crippen LogP contribution in [0.5, 0.6) is 0 Å². The van der Waals surface area contributed by atoms with E-state index in [0.29, 0.717) is 0 Å². The Morgan fingerprint density at radius 2 is 2.00 bits per heavy atom. The summed E-state index contributed by atoms with van der Waals surface area (Å²) < 4.78 is 38.4. The van der Waals surface area contributed by atoms with Gasteiger partial charge in [-0.25, -0.2) is 0 Å². The first-order valence-electron chi connectivity index (χ1n) is 4.81. The van der Waals surface area contributed by atoms with Crippen LogP contribution in [-0.4, -0.2) is 50.3 Å². The second kappa shape index (κ2) is 3.12. The molecule has 2 bridgehead atoms. The van der Waals surface area contributed by atoms with Crippen LogP contribution in [0.1, 0.15) is 0 Å². The van der Waals surface area contributed by atoms with Gasteiger partial charge in [-0.15, -0.1) is 0 Å². The van der Waals surface area contributed by atoms with Crippen molar-refractivity contribution in [2.75, 3.05) is 7.11 Å². The predicted octanol–water partition coefficient (Wildman–Crippen LogP) is -1.05. The third-order valence-corrected chi connectivity index (χ3v) is 5.70. The standard InChI is InChI=1S/C8H10O6S2/c1-12-8(9)2-3-6(15)4-5(13-3)7(2)16(10,11)14-4/h2-7,15H,1H3. The third kappa shape index (κ3) is 1.10. The number of rotatable bonds is 1. The van der Waals surface area contributed by atoms with Gasteiger partial charge in [0, 0.05) is 0 Å². The van der Waals surface area contributed by atoms with Crippen molar-refractivity contribution in [2.45, 2.75) is 28.8 Å². The van der Waals surface area contributed by atoms with Crippen LogP contribution in [0.2, 0.25) is 0 Å². The second-order valence-electron chi connectivity index (χ2n) is 4.12. The molecule has 3 heterocycles. The van der Waals surface area contributed by atoms with Crippen molar-refractivity contribution < 1.29 is 26.9 Å². The number of hydrogen-bond acceptors (Lipinski definition) is 7. The van der Waals surface area contributed by atoms with Crippen LogP contribution in [0.3, 0.4) is 0 Å². The Hall–Kier alpha value is -0.310. The van der Waals surface area contributed by atoms with Gasteiger partial charge in [0.15, 0.2) is 0 Å². The Labute approximate surface area is 97.8 Å². The molecule has 6 unspecified atom stereocenters. The molecule has 3 fully saturated rings. The number of hydrogen-bond donors (Lipinski definition) is 1. The molecule has 8 heteroatoms. The number of carbonyl (C=O) groups is 1. The smallest absolute Gasteiger partial charge is 0.312 e. The van der Waals surface area contributed by atoms with E-state index in [9.17, 15) is 13.2 Å². The normalized spacial score (nSPS) is 51.9. The Balaban J connectivity index is 2.07. The molecule has 0 radical (unpaired) electrons. The van der Waals surface area contributed by atoms with Crippen molar-refractivity contribution >= 4 is 28.7 Å². The van der Waals surface area contributed by atoms with Crippen molar-refractivity contribution in [2.24, 2.45) is 5.92 Å². The lowest BCUT2D eigenvalue weighted by molar-refractivity contribution is -0.146. The number of fused-ring (bicyclic) bond motifs is 1. The monoisotopic (exact) mass is 266 g/mol. The van der Waals surface area contributed by atoms with E-state index in [1.807, 2.05) is 0 Å². The van der Waals surface area contributed by atoms with E-state index >= 15 is 0 Å². The average Bonchev–Trinajstić information content (AvgIpc) is 2.80. The van der Waals surface area contributed by atoms with Gasteiger partial charge in [-0.3, -0.25) is 8.98 Å². The first-order valence-corrected chi connectivity index (χ1v) is 6.79. The van der Waals surface area contributed by atoms with E-state index < -0.39 is 50.8 Å². The maximum Gasteiger partial charge on any atom is 0.312 e. The highest BCUT2D eigenvalue weighted by molar-refractivity contribution is 7.88. The van der Waals surface area contributed by atoms with Gasteiger partial charge in [0.25, 0.3) is 10.1 Å². The highest BCUT2D eigenvalue weighted by atomic mass is 32.2. The lowest BCUT2D eigenvalue weighted by atomic mass is 9.86. The van der Waals surface area contributed by atoms with Gasteiger partial charge in [0.1, 0.15) is 23.4 Å². The van der Waals surface area contributed by atoms with E-state index in [-0.39, 0.29) is 0 Å². The molecule has 0 aliphatic carbocycles. The van der Waals surface area contributed by atoms with Crippen LogP contribution in [0.15, 0.2) is 0 Å². The van der Waals surface area contributed by atoms with Crippen LogP contribution in [0.25, 0.3) is 0 Å². The van der Waals surface area contributed by atoms with Gasteiger partial charge in [-0.1, -0.05) is 0 Å². The Morgan fingerprint density at radius 3 is 2.62 bits per heavy atom. The summed E-state index contributed by atoms with van der Waals surface area (Å²) in [5, 5.41) is -1.33. The molecule has 16 heavy (non-hydrogen) atoms. The molecule has 3 saturated heterocycles. The fourth-order valence-corrected chi connectivity index (χ4v) is 5.16. The molecule has 0 amide bonds. The van der Waals surface area contributed by atoms with E-state index in [4.69, 9.17) is 8.92 Å². The molecular weight excluding hydrogens is 256 g/mol. The summed E-state index contributed by atoms with van der Waals surface area (Å²) in [6.45, 7) is 0. The highest BCUT2D eigenvalue weighted by Gasteiger charge is 2.71.